The molecule has 0 radical (unpaired) electrons. The molecule has 0 aliphatic heterocycles. The van der Waals surface area contributed by atoms with Crippen LogP contribution in [0.15, 0.2) is 0 Å². The summed E-state index contributed by atoms with van der Waals surface area (Å²) in [6.45, 7) is 0.344. The number of sulfone groups is 1. The van der Waals surface area contributed by atoms with Crippen LogP contribution in [0.2, 0.25) is 0 Å². The van der Waals surface area contributed by atoms with E-state index < -0.39 is 20.6 Å². The second-order valence-electron chi connectivity index (χ2n) is 2.27. The average molecular weight is 199 g/mol. The Bertz CT molecular complexity index is 222. The SMILES string of the molecule is CS(=O)(=O)CCS(=O)CCN. The highest BCUT2D eigenvalue weighted by atomic mass is 32.2. The third-order valence-corrected chi connectivity index (χ3v) is 3.58. The fraction of sp³-hybridized carbons (Fsp3) is 1.00. The van der Waals surface area contributed by atoms with Crippen LogP contribution in [0.5, 0.6) is 0 Å². The van der Waals surface area contributed by atoms with Crippen molar-refractivity contribution in [3.63, 3.8) is 0 Å². The molecule has 0 aromatic rings. The van der Waals surface area contributed by atoms with Gasteiger partial charge in [-0.3, -0.25) is 4.21 Å². The Morgan fingerprint density at radius 3 is 2.27 bits per heavy atom. The van der Waals surface area contributed by atoms with E-state index in [1.807, 2.05) is 0 Å². The molecule has 2 N–H and O–H groups in total. The lowest BCUT2D eigenvalue weighted by Crippen LogP contribution is -2.17. The summed E-state index contributed by atoms with van der Waals surface area (Å²) in [6, 6.07) is 0. The van der Waals surface area contributed by atoms with Gasteiger partial charge < -0.3 is 5.73 Å². The van der Waals surface area contributed by atoms with Crippen LogP contribution in [-0.4, -0.2) is 42.7 Å². The lowest BCUT2D eigenvalue weighted by molar-refractivity contribution is 0.602. The molecule has 1 atom stereocenters. The Kier molecular flexibility index (Phi) is 4.87. The zero-order chi connectivity index (χ0) is 8.91. The van der Waals surface area contributed by atoms with Crippen LogP contribution in [0.4, 0.5) is 0 Å². The molecule has 0 aromatic heterocycles. The van der Waals surface area contributed by atoms with E-state index in [9.17, 15) is 12.6 Å². The van der Waals surface area contributed by atoms with Crippen LogP contribution in [0, 0.1) is 0 Å². The number of hydrogen-bond acceptors (Lipinski definition) is 4. The lowest BCUT2D eigenvalue weighted by Gasteiger charge is -1.97. The average Bonchev–Trinajstić information content (AvgIpc) is 1.83. The van der Waals surface area contributed by atoms with Gasteiger partial charge in [0.05, 0.1) is 5.75 Å². The first kappa shape index (κ1) is 11.1. The van der Waals surface area contributed by atoms with Crippen molar-refractivity contribution in [3.05, 3.63) is 0 Å². The number of hydrogen-bond donors (Lipinski definition) is 1. The normalized spacial score (nSPS) is 14.7. The van der Waals surface area contributed by atoms with E-state index in [0.29, 0.717) is 12.3 Å². The Morgan fingerprint density at radius 2 is 1.91 bits per heavy atom. The maximum atomic E-state index is 10.9. The van der Waals surface area contributed by atoms with Gasteiger partial charge >= 0.3 is 0 Å². The number of nitrogens with two attached hydrogens (primary N) is 1. The van der Waals surface area contributed by atoms with Crippen molar-refractivity contribution < 1.29 is 12.6 Å². The fourth-order valence-electron chi connectivity index (χ4n) is 0.478. The van der Waals surface area contributed by atoms with Gasteiger partial charge in [-0.05, 0) is 0 Å². The highest BCUT2D eigenvalue weighted by Gasteiger charge is 2.05. The van der Waals surface area contributed by atoms with Gasteiger partial charge in [0, 0.05) is 35.1 Å². The third kappa shape index (κ3) is 7.96. The minimum absolute atomic E-state index is 0.0143. The zero-order valence-electron chi connectivity index (χ0n) is 6.45. The summed E-state index contributed by atoms with van der Waals surface area (Å²) >= 11 is 0. The van der Waals surface area contributed by atoms with Crippen molar-refractivity contribution in [1.82, 2.24) is 0 Å². The van der Waals surface area contributed by atoms with Crippen LogP contribution in [0.25, 0.3) is 0 Å². The molecule has 0 aliphatic rings. The summed E-state index contributed by atoms with van der Waals surface area (Å²) in [6.07, 6.45) is 1.13. The minimum atomic E-state index is -2.97. The first-order valence-electron chi connectivity index (χ1n) is 3.18. The van der Waals surface area contributed by atoms with Crippen LogP contribution in [0.1, 0.15) is 0 Å². The third-order valence-electron chi connectivity index (χ3n) is 1.03. The molecular weight excluding hydrogens is 186 g/mol. The Morgan fingerprint density at radius 1 is 1.36 bits per heavy atom. The molecule has 0 aliphatic carbocycles. The molecule has 0 spiro atoms. The summed E-state index contributed by atoms with van der Waals surface area (Å²) in [4.78, 5) is 0. The summed E-state index contributed by atoms with van der Waals surface area (Å²) in [7, 11) is -4.04. The second kappa shape index (κ2) is 4.84. The van der Waals surface area contributed by atoms with Crippen molar-refractivity contribution in [2.45, 2.75) is 0 Å². The first-order valence-corrected chi connectivity index (χ1v) is 6.73. The van der Waals surface area contributed by atoms with Crippen molar-refractivity contribution in [2.75, 3.05) is 30.1 Å². The molecule has 0 aromatic carbocycles. The predicted molar refractivity (Wildman–Crippen MR) is 46.6 cm³/mol. The van der Waals surface area contributed by atoms with E-state index in [1.165, 1.54) is 0 Å². The van der Waals surface area contributed by atoms with E-state index in [-0.39, 0.29) is 11.5 Å². The standard InChI is InChI=1S/C5H13NO3S2/c1-11(8,9)5-4-10(7)3-2-6/h2-6H2,1H3. The van der Waals surface area contributed by atoms with E-state index in [2.05, 4.69) is 0 Å². The fourth-order valence-corrected chi connectivity index (χ4v) is 2.90. The molecule has 0 saturated carbocycles. The van der Waals surface area contributed by atoms with Crippen LogP contribution < -0.4 is 5.73 Å². The highest BCUT2D eigenvalue weighted by molar-refractivity contribution is 7.92. The molecule has 1 unspecified atom stereocenters. The van der Waals surface area contributed by atoms with Gasteiger partial charge in [-0.25, -0.2) is 8.42 Å². The van der Waals surface area contributed by atoms with Gasteiger partial charge in [0.25, 0.3) is 0 Å². The molecule has 11 heavy (non-hydrogen) atoms. The zero-order valence-corrected chi connectivity index (χ0v) is 8.08. The Hall–Kier alpha value is 0.0600. The summed E-state index contributed by atoms with van der Waals surface area (Å²) in [5.74, 6) is 0.575. The van der Waals surface area contributed by atoms with E-state index in [1.54, 1.807) is 0 Å². The second-order valence-corrected chi connectivity index (χ2v) is 6.22. The number of rotatable bonds is 5. The molecule has 0 saturated heterocycles. The molecular formula is C5H13NO3S2. The Labute approximate surface area is 69.5 Å². The predicted octanol–water partition coefficient (Wildman–Crippen LogP) is -1.26. The minimum Gasteiger partial charge on any atom is -0.330 e. The van der Waals surface area contributed by atoms with Gasteiger partial charge in [0.1, 0.15) is 9.84 Å². The summed E-state index contributed by atoms with van der Waals surface area (Å²) in [5, 5.41) is 0. The molecule has 0 rings (SSSR count). The molecule has 0 heterocycles. The maximum absolute atomic E-state index is 10.9. The van der Waals surface area contributed by atoms with Gasteiger partial charge in [-0.2, -0.15) is 0 Å². The monoisotopic (exact) mass is 199 g/mol. The van der Waals surface area contributed by atoms with Crippen molar-refractivity contribution in [2.24, 2.45) is 5.73 Å². The molecule has 0 bridgehead atoms. The van der Waals surface area contributed by atoms with Crippen molar-refractivity contribution in [1.29, 1.82) is 0 Å². The molecule has 0 amide bonds. The Balaban J connectivity index is 3.64. The molecule has 0 fully saturated rings. The van der Waals surface area contributed by atoms with Crippen LogP contribution >= 0.6 is 0 Å². The topological polar surface area (TPSA) is 77.2 Å². The van der Waals surface area contributed by atoms with Gasteiger partial charge in [-0.15, -0.1) is 0 Å². The van der Waals surface area contributed by atoms with Gasteiger partial charge in [0.15, 0.2) is 0 Å². The molecule has 68 valence electrons. The largest absolute Gasteiger partial charge is 0.330 e. The quantitative estimate of drug-likeness (QED) is 0.599. The van der Waals surface area contributed by atoms with Crippen LogP contribution in [-0.2, 0) is 20.6 Å². The smallest absolute Gasteiger partial charge is 0.148 e. The van der Waals surface area contributed by atoms with Crippen molar-refractivity contribution >= 4 is 20.6 Å². The van der Waals surface area contributed by atoms with E-state index in [0.717, 1.165) is 6.26 Å². The van der Waals surface area contributed by atoms with Gasteiger partial charge in [-0.1, -0.05) is 0 Å². The maximum Gasteiger partial charge on any atom is 0.148 e. The van der Waals surface area contributed by atoms with Crippen molar-refractivity contribution in [3.8, 4) is 0 Å². The lowest BCUT2D eigenvalue weighted by atomic mass is 10.8. The van der Waals surface area contributed by atoms with E-state index in [4.69, 9.17) is 5.73 Å². The first-order chi connectivity index (χ1) is 4.95. The molecule has 4 nitrogen and oxygen atoms in total. The molecule has 6 heteroatoms. The highest BCUT2D eigenvalue weighted by Crippen LogP contribution is 1.87. The summed E-state index contributed by atoms with van der Waals surface area (Å²) < 4.78 is 32.0. The van der Waals surface area contributed by atoms with E-state index >= 15 is 0 Å². The van der Waals surface area contributed by atoms with Gasteiger partial charge in [0.2, 0.25) is 0 Å². The summed E-state index contributed by atoms with van der Waals surface area (Å²) in [5.41, 5.74) is 5.13. The van der Waals surface area contributed by atoms with Crippen LogP contribution in [0.3, 0.4) is 0 Å².